The molecular weight excluding hydrogens is 326 g/mol. The van der Waals surface area contributed by atoms with E-state index in [1.807, 2.05) is 56.0 Å². The average Bonchev–Trinajstić information content (AvgIpc) is 2.59. The van der Waals surface area contributed by atoms with Gasteiger partial charge in [-0.05, 0) is 66.8 Å². The molecule has 26 heavy (non-hydrogen) atoms. The average molecular weight is 351 g/mol. The molecule has 5 nitrogen and oxygen atoms in total. The maximum Gasteiger partial charge on any atom is 0.323 e. The first-order valence-electron chi connectivity index (χ1n) is 9.00. The first-order chi connectivity index (χ1) is 12.4. The number of rotatable bonds is 3. The molecule has 0 bridgehead atoms. The number of carbonyl (C=O) groups is 2. The molecule has 1 aliphatic rings. The highest BCUT2D eigenvalue weighted by Gasteiger charge is 2.19. The predicted molar refractivity (Wildman–Crippen MR) is 104 cm³/mol. The largest absolute Gasteiger partial charge is 0.338 e. The van der Waals surface area contributed by atoms with E-state index in [1.54, 1.807) is 0 Å². The third kappa shape index (κ3) is 4.23. The van der Waals surface area contributed by atoms with E-state index in [9.17, 15) is 9.59 Å². The second kappa shape index (κ2) is 7.60. The predicted octanol–water partition coefficient (Wildman–Crippen LogP) is 4.24. The molecule has 0 saturated heterocycles. The zero-order chi connectivity index (χ0) is 18.7. The van der Waals surface area contributed by atoms with Crippen molar-refractivity contribution in [1.29, 1.82) is 0 Å². The van der Waals surface area contributed by atoms with Gasteiger partial charge in [-0.1, -0.05) is 19.1 Å². The summed E-state index contributed by atoms with van der Waals surface area (Å²) in [4.78, 5) is 26.1. The zero-order valence-corrected chi connectivity index (χ0v) is 15.6. The summed E-state index contributed by atoms with van der Waals surface area (Å²) < 4.78 is 0. The van der Waals surface area contributed by atoms with Crippen LogP contribution in [0.1, 0.15) is 35.6 Å². The van der Waals surface area contributed by atoms with Crippen LogP contribution in [0.15, 0.2) is 36.4 Å². The molecule has 5 heteroatoms. The van der Waals surface area contributed by atoms with E-state index in [-0.39, 0.29) is 11.9 Å². The lowest BCUT2D eigenvalue weighted by molar-refractivity contribution is -0.131. The zero-order valence-electron chi connectivity index (χ0n) is 15.6. The van der Waals surface area contributed by atoms with Crippen molar-refractivity contribution in [3.05, 3.63) is 58.7 Å². The molecule has 0 unspecified atom stereocenters. The Kier molecular flexibility index (Phi) is 5.26. The second-order valence-electron chi connectivity index (χ2n) is 6.86. The summed E-state index contributed by atoms with van der Waals surface area (Å²) in [5.41, 5.74) is 6.06. The summed E-state index contributed by atoms with van der Waals surface area (Å²) in [7, 11) is 0. The SMILES string of the molecule is CCC(=O)N1CCc2ccc(NC(=O)Nc3cc(C)cc(C)c3)cc2C1. The lowest BCUT2D eigenvalue weighted by Crippen LogP contribution is -2.35. The third-order valence-corrected chi connectivity index (χ3v) is 4.61. The fourth-order valence-electron chi connectivity index (χ4n) is 3.41. The molecule has 3 rings (SSSR count). The summed E-state index contributed by atoms with van der Waals surface area (Å²) in [6.45, 7) is 7.26. The molecule has 2 aromatic carbocycles. The minimum absolute atomic E-state index is 0.168. The van der Waals surface area contributed by atoms with Crippen LogP contribution in [0.5, 0.6) is 0 Å². The third-order valence-electron chi connectivity index (χ3n) is 4.61. The Morgan fingerprint density at radius 2 is 1.65 bits per heavy atom. The number of anilines is 2. The standard InChI is InChI=1S/C21H25N3O2/c1-4-20(25)24-8-7-16-5-6-18(12-17(16)13-24)22-21(26)23-19-10-14(2)9-15(3)11-19/h5-6,9-12H,4,7-8,13H2,1-3H3,(H2,22,23,26). The Morgan fingerprint density at radius 3 is 2.35 bits per heavy atom. The molecule has 1 heterocycles. The van der Waals surface area contributed by atoms with Crippen molar-refractivity contribution in [2.75, 3.05) is 17.2 Å². The summed E-state index contributed by atoms with van der Waals surface area (Å²) in [6.07, 6.45) is 1.38. The fourth-order valence-corrected chi connectivity index (χ4v) is 3.41. The van der Waals surface area contributed by atoms with Crippen molar-refractivity contribution in [3.8, 4) is 0 Å². The number of aryl methyl sites for hydroxylation is 2. The first-order valence-corrected chi connectivity index (χ1v) is 9.00. The molecule has 0 saturated carbocycles. The highest BCUT2D eigenvalue weighted by Crippen LogP contribution is 2.23. The van der Waals surface area contributed by atoms with E-state index in [0.717, 1.165) is 41.0 Å². The Labute approximate surface area is 154 Å². The molecule has 3 amide bonds. The van der Waals surface area contributed by atoms with Crippen molar-refractivity contribution >= 4 is 23.3 Å². The Morgan fingerprint density at radius 1 is 0.962 bits per heavy atom. The van der Waals surface area contributed by atoms with Crippen molar-refractivity contribution < 1.29 is 9.59 Å². The van der Waals surface area contributed by atoms with Crippen molar-refractivity contribution in [2.24, 2.45) is 0 Å². The van der Waals surface area contributed by atoms with Gasteiger partial charge in [0.2, 0.25) is 5.91 Å². The Bertz CT molecular complexity index is 825. The highest BCUT2D eigenvalue weighted by molar-refractivity contribution is 5.99. The topological polar surface area (TPSA) is 61.4 Å². The maximum atomic E-state index is 12.3. The van der Waals surface area contributed by atoms with Crippen LogP contribution in [0.4, 0.5) is 16.2 Å². The first kappa shape index (κ1) is 18.0. The molecule has 2 aromatic rings. The fraction of sp³-hybridized carbons (Fsp3) is 0.333. The summed E-state index contributed by atoms with van der Waals surface area (Å²) in [5.74, 6) is 0.168. The van der Waals surface area contributed by atoms with E-state index in [4.69, 9.17) is 0 Å². The molecule has 0 radical (unpaired) electrons. The van der Waals surface area contributed by atoms with Gasteiger partial charge in [0.05, 0.1) is 0 Å². The molecule has 0 fully saturated rings. The molecule has 1 aliphatic heterocycles. The molecule has 0 aromatic heterocycles. The van der Waals surface area contributed by atoms with E-state index in [2.05, 4.69) is 16.7 Å². The summed E-state index contributed by atoms with van der Waals surface area (Å²) in [6, 6.07) is 11.6. The van der Waals surface area contributed by atoms with E-state index in [1.165, 1.54) is 5.56 Å². The van der Waals surface area contributed by atoms with Crippen LogP contribution >= 0.6 is 0 Å². The lowest BCUT2D eigenvalue weighted by Gasteiger charge is -2.29. The number of carbonyl (C=O) groups excluding carboxylic acids is 2. The Balaban J connectivity index is 1.69. The van der Waals surface area contributed by atoms with E-state index >= 15 is 0 Å². The van der Waals surface area contributed by atoms with Gasteiger partial charge in [-0.15, -0.1) is 0 Å². The number of amides is 3. The number of fused-ring (bicyclic) bond motifs is 1. The summed E-state index contributed by atoms with van der Waals surface area (Å²) in [5, 5.41) is 5.76. The molecule has 0 aliphatic carbocycles. The molecule has 0 atom stereocenters. The maximum absolute atomic E-state index is 12.3. The second-order valence-corrected chi connectivity index (χ2v) is 6.86. The quantitative estimate of drug-likeness (QED) is 0.869. The van der Waals surface area contributed by atoms with E-state index < -0.39 is 0 Å². The van der Waals surface area contributed by atoms with Crippen LogP contribution < -0.4 is 10.6 Å². The molecule has 2 N–H and O–H groups in total. The van der Waals surface area contributed by atoms with Gasteiger partial charge in [0.1, 0.15) is 0 Å². The van der Waals surface area contributed by atoms with Crippen LogP contribution in [0.2, 0.25) is 0 Å². The van der Waals surface area contributed by atoms with Crippen LogP contribution in [-0.2, 0) is 17.8 Å². The van der Waals surface area contributed by atoms with Gasteiger partial charge in [-0.25, -0.2) is 4.79 Å². The highest BCUT2D eigenvalue weighted by atomic mass is 16.2. The molecular formula is C21H25N3O2. The van der Waals surface area contributed by atoms with Crippen LogP contribution in [0.25, 0.3) is 0 Å². The monoisotopic (exact) mass is 351 g/mol. The number of nitrogens with one attached hydrogen (secondary N) is 2. The van der Waals surface area contributed by atoms with Gasteiger partial charge in [-0.2, -0.15) is 0 Å². The number of hydrogen-bond acceptors (Lipinski definition) is 2. The number of hydrogen-bond donors (Lipinski definition) is 2. The van der Waals surface area contributed by atoms with Gasteiger partial charge in [0.25, 0.3) is 0 Å². The van der Waals surface area contributed by atoms with Gasteiger partial charge in [0.15, 0.2) is 0 Å². The van der Waals surface area contributed by atoms with Gasteiger partial charge >= 0.3 is 6.03 Å². The number of benzene rings is 2. The van der Waals surface area contributed by atoms with Gasteiger partial charge < -0.3 is 15.5 Å². The van der Waals surface area contributed by atoms with Gasteiger partial charge in [0, 0.05) is 30.9 Å². The van der Waals surface area contributed by atoms with Crippen LogP contribution in [-0.4, -0.2) is 23.4 Å². The van der Waals surface area contributed by atoms with Gasteiger partial charge in [-0.3, -0.25) is 4.79 Å². The van der Waals surface area contributed by atoms with Crippen molar-refractivity contribution in [2.45, 2.75) is 40.2 Å². The summed E-state index contributed by atoms with van der Waals surface area (Å²) >= 11 is 0. The lowest BCUT2D eigenvalue weighted by atomic mass is 9.99. The minimum atomic E-state index is -0.271. The Hall–Kier alpha value is -2.82. The van der Waals surface area contributed by atoms with E-state index in [0.29, 0.717) is 13.0 Å². The molecule has 0 spiro atoms. The van der Waals surface area contributed by atoms with Crippen molar-refractivity contribution in [3.63, 3.8) is 0 Å². The smallest absolute Gasteiger partial charge is 0.323 e. The number of nitrogens with zero attached hydrogens (tertiary/aromatic N) is 1. The molecule has 136 valence electrons. The van der Waals surface area contributed by atoms with Crippen LogP contribution in [0.3, 0.4) is 0 Å². The minimum Gasteiger partial charge on any atom is -0.338 e. The van der Waals surface area contributed by atoms with Crippen molar-refractivity contribution in [1.82, 2.24) is 4.90 Å². The van der Waals surface area contributed by atoms with Crippen LogP contribution in [0, 0.1) is 13.8 Å². The normalized spacial score (nSPS) is 13.1. The number of urea groups is 1.